The van der Waals surface area contributed by atoms with Crippen LogP contribution in [0.2, 0.25) is 0 Å². The molecule has 3 aromatic rings. The van der Waals surface area contributed by atoms with Crippen molar-refractivity contribution in [1.29, 1.82) is 0 Å². The van der Waals surface area contributed by atoms with E-state index >= 15 is 0 Å². The Labute approximate surface area is 175 Å². The van der Waals surface area contributed by atoms with E-state index in [2.05, 4.69) is 40.2 Å². The molecule has 1 aliphatic carbocycles. The van der Waals surface area contributed by atoms with E-state index in [-0.39, 0.29) is 12.9 Å². The van der Waals surface area contributed by atoms with Gasteiger partial charge in [0.25, 0.3) is 0 Å². The highest BCUT2D eigenvalue weighted by Crippen LogP contribution is 2.40. The van der Waals surface area contributed by atoms with Crippen molar-refractivity contribution in [2.45, 2.75) is 31.6 Å². The van der Waals surface area contributed by atoms with E-state index in [0.29, 0.717) is 17.6 Å². The van der Waals surface area contributed by atoms with Gasteiger partial charge in [-0.3, -0.25) is 4.90 Å². The molecular weight excluding hydrogens is 380 g/mol. The molecule has 0 unspecified atom stereocenters. The van der Waals surface area contributed by atoms with Crippen LogP contribution in [0, 0.1) is 11.8 Å². The van der Waals surface area contributed by atoms with Crippen LogP contribution in [-0.2, 0) is 6.54 Å². The van der Waals surface area contributed by atoms with Crippen molar-refractivity contribution >= 4 is 10.9 Å². The molecule has 2 N–H and O–H groups in total. The van der Waals surface area contributed by atoms with Crippen molar-refractivity contribution < 1.29 is 19.3 Å². The maximum Gasteiger partial charge on any atom is 0.231 e. The van der Waals surface area contributed by atoms with Crippen LogP contribution < -0.4 is 14.2 Å². The van der Waals surface area contributed by atoms with E-state index in [9.17, 15) is 5.11 Å². The third-order valence-corrected chi connectivity index (χ3v) is 6.77. The van der Waals surface area contributed by atoms with Crippen molar-refractivity contribution in [3.63, 3.8) is 0 Å². The quantitative estimate of drug-likeness (QED) is 0.694. The Morgan fingerprint density at radius 3 is 2.73 bits per heavy atom. The highest BCUT2D eigenvalue weighted by Gasteiger charge is 2.42. The molecule has 1 aromatic heterocycles. The van der Waals surface area contributed by atoms with Crippen LogP contribution in [0.25, 0.3) is 10.9 Å². The molecule has 1 saturated heterocycles. The third-order valence-electron chi connectivity index (χ3n) is 6.77. The minimum atomic E-state index is -0.440. The molecule has 6 rings (SSSR count). The summed E-state index contributed by atoms with van der Waals surface area (Å²) in [5, 5.41) is 12.0. The highest BCUT2D eigenvalue weighted by molar-refractivity contribution is 5.80. The zero-order valence-corrected chi connectivity index (χ0v) is 16.8. The summed E-state index contributed by atoms with van der Waals surface area (Å²) in [6.45, 7) is 3.26. The van der Waals surface area contributed by atoms with Crippen LogP contribution in [0.3, 0.4) is 0 Å². The number of likely N-dealkylation sites (tertiary alicyclic amines) is 1. The largest absolute Gasteiger partial charge is 0.488 e. The molecule has 2 aromatic carbocycles. The van der Waals surface area contributed by atoms with Gasteiger partial charge in [0.1, 0.15) is 11.9 Å². The topological polar surface area (TPSA) is 67.0 Å². The summed E-state index contributed by atoms with van der Waals surface area (Å²) in [5.41, 5.74) is 2.44. The number of nitrogens with one attached hydrogen (secondary N) is 1. The fraction of sp³-hybridized carbons (Fsp3) is 0.417. The molecule has 0 bridgehead atoms. The number of hydrogen-bond acceptors (Lipinski definition) is 5. The Hall–Kier alpha value is -2.70. The second-order valence-corrected chi connectivity index (χ2v) is 8.81. The average Bonchev–Trinajstić information content (AvgIpc) is 3.45. The maximum absolute atomic E-state index is 10.7. The number of aliphatic hydroxyl groups excluding tert-OH is 1. The minimum absolute atomic E-state index is 0.181. The number of hydrogen-bond donors (Lipinski definition) is 2. The molecule has 0 amide bonds. The summed E-state index contributed by atoms with van der Waals surface area (Å²) in [6, 6.07) is 16.3. The number of para-hydroxylation sites is 1. The first-order valence-corrected chi connectivity index (χ1v) is 10.7. The number of aromatic nitrogens is 1. The SMILES string of the molecule is O[C@@H]1C[C@H]2CN(Cc3cc4ccccc4[nH]3)C[C@H]2C[C@H]1Oc1ccc2c(c1)OCO2. The Kier molecular flexibility index (Phi) is 4.35. The number of aliphatic hydroxyl groups is 1. The second-order valence-electron chi connectivity index (χ2n) is 8.81. The lowest BCUT2D eigenvalue weighted by Crippen LogP contribution is -2.42. The summed E-state index contributed by atoms with van der Waals surface area (Å²) in [5.74, 6) is 3.27. The van der Waals surface area contributed by atoms with Gasteiger partial charge in [0.2, 0.25) is 6.79 Å². The fourth-order valence-corrected chi connectivity index (χ4v) is 5.33. The molecule has 30 heavy (non-hydrogen) atoms. The monoisotopic (exact) mass is 406 g/mol. The Morgan fingerprint density at radius 2 is 1.83 bits per heavy atom. The first-order chi connectivity index (χ1) is 14.7. The molecular formula is C24H26N2O4. The normalized spacial score (nSPS) is 28.0. The molecule has 3 aliphatic rings. The van der Waals surface area contributed by atoms with E-state index in [0.717, 1.165) is 44.0 Å². The smallest absolute Gasteiger partial charge is 0.231 e. The molecule has 156 valence electrons. The summed E-state index contributed by atoms with van der Waals surface area (Å²) in [7, 11) is 0. The van der Waals surface area contributed by atoms with Gasteiger partial charge in [0.05, 0.1) is 6.10 Å². The van der Waals surface area contributed by atoms with Crippen molar-refractivity contribution in [1.82, 2.24) is 9.88 Å². The minimum Gasteiger partial charge on any atom is -0.488 e. The van der Waals surface area contributed by atoms with Crippen LogP contribution in [0.4, 0.5) is 0 Å². The number of nitrogens with zero attached hydrogens (tertiary/aromatic N) is 1. The number of H-pyrrole nitrogens is 1. The van der Waals surface area contributed by atoms with Crippen molar-refractivity contribution in [3.8, 4) is 17.2 Å². The molecule has 6 heteroatoms. The van der Waals surface area contributed by atoms with Gasteiger partial charge in [-0.1, -0.05) is 18.2 Å². The molecule has 1 saturated carbocycles. The van der Waals surface area contributed by atoms with Gasteiger partial charge in [-0.2, -0.15) is 0 Å². The lowest BCUT2D eigenvalue weighted by atomic mass is 9.78. The van der Waals surface area contributed by atoms with Crippen molar-refractivity contribution in [3.05, 3.63) is 54.2 Å². The maximum atomic E-state index is 10.7. The zero-order valence-electron chi connectivity index (χ0n) is 16.8. The van der Waals surface area contributed by atoms with Crippen molar-refractivity contribution in [2.24, 2.45) is 11.8 Å². The van der Waals surface area contributed by atoms with E-state index < -0.39 is 6.10 Å². The molecule has 6 nitrogen and oxygen atoms in total. The second kappa shape index (κ2) is 7.22. The van der Waals surface area contributed by atoms with E-state index in [1.165, 1.54) is 16.6 Å². The lowest BCUT2D eigenvalue weighted by molar-refractivity contribution is -0.0232. The number of fused-ring (bicyclic) bond motifs is 3. The number of ether oxygens (including phenoxy) is 3. The van der Waals surface area contributed by atoms with E-state index in [4.69, 9.17) is 14.2 Å². The standard InChI is InChI=1S/C24H26N2O4/c27-21-8-16-11-26(13-18-7-15-3-1-2-4-20(15)25-18)12-17(16)9-23(21)30-19-5-6-22-24(10-19)29-14-28-22/h1-7,10,16-17,21,23,25,27H,8-9,11-14H2/t16-,17+,21+,23+/m0/s1. The number of aromatic amines is 1. The lowest BCUT2D eigenvalue weighted by Gasteiger charge is -2.35. The van der Waals surface area contributed by atoms with Gasteiger partial charge in [-0.15, -0.1) is 0 Å². The van der Waals surface area contributed by atoms with Crippen molar-refractivity contribution in [2.75, 3.05) is 19.9 Å². The number of benzene rings is 2. The van der Waals surface area contributed by atoms with Crippen LogP contribution in [0.5, 0.6) is 17.2 Å². The highest BCUT2D eigenvalue weighted by atomic mass is 16.7. The van der Waals surface area contributed by atoms with E-state index in [1.54, 1.807) is 0 Å². The van der Waals surface area contributed by atoms with Gasteiger partial charge < -0.3 is 24.3 Å². The van der Waals surface area contributed by atoms with E-state index in [1.807, 2.05) is 18.2 Å². The Morgan fingerprint density at radius 1 is 1.00 bits per heavy atom. The Balaban J connectivity index is 1.11. The summed E-state index contributed by atoms with van der Waals surface area (Å²) < 4.78 is 17.0. The molecule has 2 fully saturated rings. The van der Waals surface area contributed by atoms with Crippen LogP contribution >= 0.6 is 0 Å². The summed E-state index contributed by atoms with van der Waals surface area (Å²) in [4.78, 5) is 6.05. The number of rotatable bonds is 4. The van der Waals surface area contributed by atoms with Crippen LogP contribution in [-0.4, -0.2) is 47.1 Å². The predicted molar refractivity (Wildman–Crippen MR) is 113 cm³/mol. The zero-order chi connectivity index (χ0) is 20.1. The molecule has 4 atom stereocenters. The van der Waals surface area contributed by atoms with Crippen LogP contribution in [0.1, 0.15) is 18.5 Å². The van der Waals surface area contributed by atoms with Gasteiger partial charge in [-0.05, 0) is 54.3 Å². The first kappa shape index (κ1) is 18.1. The first-order valence-electron chi connectivity index (χ1n) is 10.7. The van der Waals surface area contributed by atoms with Crippen LogP contribution in [0.15, 0.2) is 48.5 Å². The van der Waals surface area contributed by atoms with Gasteiger partial charge >= 0.3 is 0 Å². The Bertz CT molecular complexity index is 1030. The average molecular weight is 406 g/mol. The van der Waals surface area contributed by atoms with Gasteiger partial charge in [0, 0.05) is 36.9 Å². The third kappa shape index (κ3) is 3.30. The molecule has 0 radical (unpaired) electrons. The summed E-state index contributed by atoms with van der Waals surface area (Å²) >= 11 is 0. The summed E-state index contributed by atoms with van der Waals surface area (Å²) in [6.07, 6.45) is 1.05. The molecule has 0 spiro atoms. The van der Waals surface area contributed by atoms with Gasteiger partial charge in [0.15, 0.2) is 11.5 Å². The van der Waals surface area contributed by atoms with Gasteiger partial charge in [-0.25, -0.2) is 0 Å². The molecule has 3 heterocycles. The fourth-order valence-electron chi connectivity index (χ4n) is 5.33. The predicted octanol–water partition coefficient (Wildman–Crippen LogP) is 3.55. The molecule has 2 aliphatic heterocycles.